The van der Waals surface area contributed by atoms with E-state index in [-0.39, 0.29) is 5.56 Å². The van der Waals surface area contributed by atoms with Crippen LogP contribution in [-0.2, 0) is 11.2 Å². The lowest BCUT2D eigenvalue weighted by Gasteiger charge is -2.30. The van der Waals surface area contributed by atoms with Gasteiger partial charge < -0.3 is 15.9 Å². The first-order valence-electron chi connectivity index (χ1n) is 7.50. The summed E-state index contributed by atoms with van der Waals surface area (Å²) in [6.45, 7) is 1.19. The number of hydrogen-bond acceptors (Lipinski definition) is 4. The number of rotatable bonds is 4. The molecule has 0 saturated heterocycles. The summed E-state index contributed by atoms with van der Waals surface area (Å²) >= 11 is 5.77. The van der Waals surface area contributed by atoms with Crippen molar-refractivity contribution in [1.82, 2.24) is 4.98 Å². The largest absolute Gasteiger partial charge is 0.424 e. The summed E-state index contributed by atoms with van der Waals surface area (Å²) in [5, 5.41) is 20.6. The zero-order valence-corrected chi connectivity index (χ0v) is 14.7. The van der Waals surface area contributed by atoms with Crippen LogP contribution in [-0.4, -0.2) is 27.9 Å². The highest BCUT2D eigenvalue weighted by atomic mass is 35.5. The molecule has 0 aliphatic carbocycles. The first-order chi connectivity index (χ1) is 11.8. The molecule has 2 rings (SSSR count). The Labute approximate surface area is 152 Å². The van der Waals surface area contributed by atoms with E-state index in [1.54, 1.807) is 0 Å². The van der Waals surface area contributed by atoms with Gasteiger partial charge in [-0.05, 0) is 32.0 Å². The van der Waals surface area contributed by atoms with Crippen LogP contribution < -0.4 is 5.73 Å². The molecule has 0 bridgehead atoms. The van der Waals surface area contributed by atoms with E-state index in [4.69, 9.17) is 17.3 Å². The summed E-state index contributed by atoms with van der Waals surface area (Å²) < 4.78 is 55.0. The first kappa shape index (κ1) is 20.6. The van der Waals surface area contributed by atoms with Gasteiger partial charge in [0.1, 0.15) is 5.69 Å². The molecule has 26 heavy (non-hydrogen) atoms. The standard InChI is InChI=1S/C17H17ClF4N2O2/c1-15(2,25)11-7-12(16(26,8-23)17(20,21)22)24-14(13(11)19)9-3-5-10(18)6-4-9/h3-7,25-26H,8,23H2,1-2H3/t16-/m0/s1. The molecule has 0 spiro atoms. The number of hydrogen-bond donors (Lipinski definition) is 3. The van der Waals surface area contributed by atoms with Crippen LogP contribution in [0.25, 0.3) is 11.3 Å². The molecular formula is C17H17ClF4N2O2. The second-order valence-electron chi connectivity index (χ2n) is 6.35. The van der Waals surface area contributed by atoms with E-state index in [0.717, 1.165) is 0 Å². The molecule has 0 fully saturated rings. The van der Waals surface area contributed by atoms with Gasteiger partial charge in [-0.2, -0.15) is 13.2 Å². The quantitative estimate of drug-likeness (QED) is 0.696. The fourth-order valence-corrected chi connectivity index (χ4v) is 2.48. The number of alkyl halides is 3. The maximum absolute atomic E-state index is 14.9. The van der Waals surface area contributed by atoms with Crippen LogP contribution in [0.5, 0.6) is 0 Å². The third kappa shape index (κ3) is 3.68. The van der Waals surface area contributed by atoms with Crippen molar-refractivity contribution >= 4 is 11.6 Å². The van der Waals surface area contributed by atoms with Crippen molar-refractivity contribution in [3.8, 4) is 11.3 Å². The maximum Gasteiger partial charge on any atom is 0.424 e. The lowest BCUT2D eigenvalue weighted by atomic mass is 9.90. The highest BCUT2D eigenvalue weighted by molar-refractivity contribution is 6.30. The summed E-state index contributed by atoms with van der Waals surface area (Å²) in [6.07, 6.45) is -5.15. The minimum Gasteiger partial charge on any atom is -0.386 e. The minimum atomic E-state index is -5.15. The van der Waals surface area contributed by atoms with Crippen LogP contribution in [0.2, 0.25) is 5.02 Å². The lowest BCUT2D eigenvalue weighted by Crippen LogP contribution is -2.49. The summed E-state index contributed by atoms with van der Waals surface area (Å²) in [5.41, 5.74) is -1.88. The van der Waals surface area contributed by atoms with E-state index in [0.29, 0.717) is 11.1 Å². The maximum atomic E-state index is 14.9. The molecule has 0 amide bonds. The van der Waals surface area contributed by atoms with Gasteiger partial charge in [-0.25, -0.2) is 9.37 Å². The number of nitrogens with two attached hydrogens (primary N) is 1. The Bertz CT molecular complexity index is 804. The normalized spacial score (nSPS) is 15.0. The molecule has 0 saturated carbocycles. The molecule has 4 N–H and O–H groups in total. The van der Waals surface area contributed by atoms with Crippen LogP contribution in [0.15, 0.2) is 30.3 Å². The van der Waals surface area contributed by atoms with Gasteiger partial charge in [0.2, 0.25) is 5.60 Å². The Kier molecular flexibility index (Phi) is 5.36. The highest BCUT2D eigenvalue weighted by Gasteiger charge is 2.55. The van der Waals surface area contributed by atoms with Crippen molar-refractivity contribution in [2.75, 3.05) is 6.54 Å². The number of halogens is 5. The molecule has 0 aliphatic heterocycles. The zero-order chi connectivity index (χ0) is 19.9. The smallest absolute Gasteiger partial charge is 0.386 e. The highest BCUT2D eigenvalue weighted by Crippen LogP contribution is 2.40. The monoisotopic (exact) mass is 392 g/mol. The van der Waals surface area contributed by atoms with Gasteiger partial charge in [0, 0.05) is 22.7 Å². The molecule has 2 aromatic rings. The van der Waals surface area contributed by atoms with Crippen molar-refractivity contribution in [3.63, 3.8) is 0 Å². The Morgan fingerprint density at radius 3 is 2.08 bits per heavy atom. The fraction of sp³-hybridized carbons (Fsp3) is 0.353. The van der Waals surface area contributed by atoms with Gasteiger partial charge in [-0.15, -0.1) is 0 Å². The Morgan fingerprint density at radius 1 is 1.12 bits per heavy atom. The van der Waals surface area contributed by atoms with Crippen molar-refractivity contribution < 1.29 is 27.8 Å². The predicted molar refractivity (Wildman–Crippen MR) is 88.9 cm³/mol. The second kappa shape index (κ2) is 6.77. The molecule has 0 unspecified atom stereocenters. The van der Waals surface area contributed by atoms with E-state index in [9.17, 15) is 27.8 Å². The minimum absolute atomic E-state index is 0.126. The van der Waals surface area contributed by atoms with Crippen LogP contribution in [0, 0.1) is 5.82 Å². The van der Waals surface area contributed by atoms with Crippen molar-refractivity contribution in [1.29, 1.82) is 0 Å². The summed E-state index contributed by atoms with van der Waals surface area (Å²) in [5.74, 6) is -1.01. The Balaban J connectivity index is 2.83. The molecule has 142 valence electrons. The van der Waals surface area contributed by atoms with Crippen LogP contribution in [0.4, 0.5) is 17.6 Å². The van der Waals surface area contributed by atoms with Crippen LogP contribution in [0.3, 0.4) is 0 Å². The molecule has 9 heteroatoms. The molecule has 1 heterocycles. The van der Waals surface area contributed by atoms with E-state index in [1.165, 1.54) is 38.1 Å². The average Bonchev–Trinajstić information content (AvgIpc) is 2.53. The van der Waals surface area contributed by atoms with Crippen LogP contribution in [0.1, 0.15) is 25.1 Å². The Hall–Kier alpha value is -1.74. The Morgan fingerprint density at radius 2 is 1.65 bits per heavy atom. The van der Waals surface area contributed by atoms with Crippen molar-refractivity contribution in [3.05, 3.63) is 52.4 Å². The SMILES string of the molecule is CC(C)(O)c1cc([C@@](O)(CN)C(F)(F)F)nc(-c2ccc(Cl)cc2)c1F. The number of nitrogens with zero attached hydrogens (tertiary/aromatic N) is 1. The average molecular weight is 393 g/mol. The van der Waals surface area contributed by atoms with E-state index < -0.39 is 46.7 Å². The molecule has 1 aromatic heterocycles. The number of aliphatic hydroxyl groups is 2. The molecule has 0 aliphatic rings. The third-order valence-corrected chi connectivity index (χ3v) is 4.17. The lowest BCUT2D eigenvalue weighted by molar-refractivity contribution is -0.263. The number of pyridine rings is 1. The third-order valence-electron chi connectivity index (χ3n) is 3.92. The zero-order valence-electron chi connectivity index (χ0n) is 13.9. The fourth-order valence-electron chi connectivity index (χ4n) is 2.35. The van der Waals surface area contributed by atoms with Gasteiger partial charge in [-0.1, -0.05) is 23.7 Å². The molecule has 0 radical (unpaired) electrons. The molecular weight excluding hydrogens is 376 g/mol. The van der Waals surface area contributed by atoms with Gasteiger partial charge in [0.25, 0.3) is 0 Å². The first-order valence-corrected chi connectivity index (χ1v) is 7.88. The number of aromatic nitrogens is 1. The summed E-state index contributed by atoms with van der Waals surface area (Å²) in [4.78, 5) is 3.68. The van der Waals surface area contributed by atoms with Gasteiger partial charge in [0.05, 0.1) is 11.3 Å². The summed E-state index contributed by atoms with van der Waals surface area (Å²) in [7, 11) is 0. The number of benzene rings is 1. The van der Waals surface area contributed by atoms with Crippen LogP contribution >= 0.6 is 11.6 Å². The van der Waals surface area contributed by atoms with E-state index >= 15 is 0 Å². The van der Waals surface area contributed by atoms with Gasteiger partial charge in [-0.3, -0.25) is 0 Å². The second-order valence-corrected chi connectivity index (χ2v) is 6.78. The molecule has 4 nitrogen and oxygen atoms in total. The van der Waals surface area contributed by atoms with Crippen molar-refractivity contribution in [2.24, 2.45) is 5.73 Å². The molecule has 1 aromatic carbocycles. The van der Waals surface area contributed by atoms with Gasteiger partial charge in [0.15, 0.2) is 5.82 Å². The van der Waals surface area contributed by atoms with E-state index in [1.807, 2.05) is 0 Å². The summed E-state index contributed by atoms with van der Waals surface area (Å²) in [6, 6.07) is 6.22. The molecule has 1 atom stereocenters. The predicted octanol–water partition coefficient (Wildman–Crippen LogP) is 3.48. The van der Waals surface area contributed by atoms with Gasteiger partial charge >= 0.3 is 6.18 Å². The van der Waals surface area contributed by atoms with E-state index in [2.05, 4.69) is 4.98 Å². The topological polar surface area (TPSA) is 79.4 Å². The van der Waals surface area contributed by atoms with Crippen molar-refractivity contribution in [2.45, 2.75) is 31.2 Å².